The molecule has 4 rings (SSSR count). The van der Waals surface area contributed by atoms with Crippen molar-refractivity contribution in [2.24, 2.45) is 57.0 Å². The second-order valence-electron chi connectivity index (χ2n) is 14.1. The Morgan fingerprint density at radius 3 is 2.38 bits per heavy atom. The van der Waals surface area contributed by atoms with E-state index < -0.39 is 0 Å². The molecule has 0 spiro atoms. The molecule has 0 bridgehead atoms. The van der Waals surface area contributed by atoms with E-state index in [-0.39, 0.29) is 16.9 Å². The summed E-state index contributed by atoms with van der Waals surface area (Å²) in [7, 11) is 0. The van der Waals surface area contributed by atoms with Gasteiger partial charge >= 0.3 is 0 Å². The topological polar surface area (TPSA) is 46.2 Å². The maximum Gasteiger partial charge on any atom is 0.0594 e. The van der Waals surface area contributed by atoms with Gasteiger partial charge in [-0.1, -0.05) is 79.4 Å². The first-order chi connectivity index (χ1) is 14.9. The Balaban J connectivity index is 1.64. The van der Waals surface area contributed by atoms with Crippen molar-refractivity contribution in [3.63, 3.8) is 0 Å². The van der Waals surface area contributed by atoms with Crippen molar-refractivity contribution in [1.82, 2.24) is 0 Å². The number of allylic oxidation sites excluding steroid dienone is 1. The van der Waals surface area contributed by atoms with Gasteiger partial charge in [-0.15, -0.1) is 0 Å². The molecule has 0 aliphatic heterocycles. The van der Waals surface area contributed by atoms with Gasteiger partial charge in [-0.3, -0.25) is 0 Å². The van der Waals surface area contributed by atoms with Gasteiger partial charge in [-0.2, -0.15) is 0 Å². The Kier molecular flexibility index (Phi) is 6.50. The predicted octanol–water partition coefficient (Wildman–Crippen LogP) is 7.35. The van der Waals surface area contributed by atoms with Crippen LogP contribution in [0, 0.1) is 51.2 Å². The predicted molar refractivity (Wildman–Crippen MR) is 136 cm³/mol. The zero-order valence-electron chi connectivity index (χ0n) is 22.3. The standard InChI is InChI=1S/C30H53NO/c1-20(2)9-8-10-21(3)22-14-18-30(19-31)24-11-12-25-27(4,5)26(32)15-16-28(25,6)23(24)13-17-29(22,30)7/h11,20-23,25-26,32H,8-10,12-19,31H2,1-7H3/t21-,22-,23?,25?,26+,28-,29-,30-/m1/s1. The molecule has 0 heterocycles. The molecule has 0 aromatic carbocycles. The van der Waals surface area contributed by atoms with Crippen LogP contribution in [0.25, 0.3) is 0 Å². The van der Waals surface area contributed by atoms with Crippen LogP contribution >= 0.6 is 0 Å². The number of hydrogen-bond donors (Lipinski definition) is 2. The molecule has 2 unspecified atom stereocenters. The summed E-state index contributed by atoms with van der Waals surface area (Å²) in [5.41, 5.74) is 9.43. The number of hydrogen-bond acceptors (Lipinski definition) is 2. The van der Waals surface area contributed by atoms with Gasteiger partial charge in [0.05, 0.1) is 6.10 Å². The first-order valence-corrected chi connectivity index (χ1v) is 14.0. The van der Waals surface area contributed by atoms with Crippen LogP contribution in [0.3, 0.4) is 0 Å². The fourth-order valence-electron chi connectivity index (χ4n) is 9.94. The van der Waals surface area contributed by atoms with E-state index in [1.807, 2.05) is 0 Å². The van der Waals surface area contributed by atoms with E-state index >= 15 is 0 Å². The van der Waals surface area contributed by atoms with Crippen LogP contribution in [-0.2, 0) is 0 Å². The summed E-state index contributed by atoms with van der Waals surface area (Å²) in [6.45, 7) is 18.0. The summed E-state index contributed by atoms with van der Waals surface area (Å²) in [6.07, 6.45) is 15.3. The maximum absolute atomic E-state index is 10.8. The Hall–Kier alpha value is -0.340. The van der Waals surface area contributed by atoms with Crippen LogP contribution in [0.2, 0.25) is 0 Å². The number of aliphatic hydroxyl groups is 1. The molecular weight excluding hydrogens is 390 g/mol. The molecule has 3 saturated carbocycles. The smallest absolute Gasteiger partial charge is 0.0594 e. The lowest BCUT2D eigenvalue weighted by Gasteiger charge is -2.64. The normalized spacial score (nSPS) is 46.2. The van der Waals surface area contributed by atoms with Crippen molar-refractivity contribution in [2.45, 2.75) is 119 Å². The Labute approximate surface area is 199 Å². The van der Waals surface area contributed by atoms with E-state index in [0.717, 1.165) is 37.1 Å². The first-order valence-electron chi connectivity index (χ1n) is 14.0. The largest absolute Gasteiger partial charge is 0.393 e. The summed E-state index contributed by atoms with van der Waals surface area (Å²) >= 11 is 0. The van der Waals surface area contributed by atoms with E-state index in [9.17, 15) is 5.11 Å². The summed E-state index contributed by atoms with van der Waals surface area (Å²) < 4.78 is 0. The zero-order chi connectivity index (χ0) is 23.5. The highest BCUT2D eigenvalue weighted by molar-refractivity contribution is 5.34. The van der Waals surface area contributed by atoms with Crippen LogP contribution < -0.4 is 5.73 Å². The quantitative estimate of drug-likeness (QED) is 0.421. The lowest BCUT2D eigenvalue weighted by Crippen LogP contribution is -2.59. The third-order valence-electron chi connectivity index (χ3n) is 12.0. The fourth-order valence-corrected chi connectivity index (χ4v) is 9.94. The van der Waals surface area contributed by atoms with Gasteiger partial charge in [0.2, 0.25) is 0 Å². The average Bonchev–Trinajstić information content (AvgIpc) is 3.04. The van der Waals surface area contributed by atoms with Crippen LogP contribution in [-0.4, -0.2) is 17.8 Å². The highest BCUT2D eigenvalue weighted by Gasteiger charge is 2.66. The van der Waals surface area contributed by atoms with Gasteiger partial charge in [0.1, 0.15) is 0 Å². The van der Waals surface area contributed by atoms with Crippen LogP contribution in [0.1, 0.15) is 113 Å². The molecule has 0 aromatic rings. The summed E-state index contributed by atoms with van der Waals surface area (Å²) in [4.78, 5) is 0. The van der Waals surface area contributed by atoms with Gasteiger partial charge in [0.15, 0.2) is 0 Å². The lowest BCUT2D eigenvalue weighted by atomic mass is 9.40. The zero-order valence-corrected chi connectivity index (χ0v) is 22.3. The number of nitrogens with two attached hydrogens (primary N) is 1. The minimum Gasteiger partial charge on any atom is -0.393 e. The number of fused-ring (bicyclic) bond motifs is 5. The Morgan fingerprint density at radius 1 is 1.00 bits per heavy atom. The molecule has 4 aliphatic carbocycles. The average molecular weight is 444 g/mol. The summed E-state index contributed by atoms with van der Waals surface area (Å²) in [5.74, 6) is 3.69. The van der Waals surface area contributed by atoms with Gasteiger partial charge < -0.3 is 10.8 Å². The van der Waals surface area contributed by atoms with Gasteiger partial charge in [-0.05, 0) is 90.8 Å². The minimum absolute atomic E-state index is 0.00873. The molecule has 0 amide bonds. The molecular formula is C30H53NO. The molecule has 3 N–H and O–H groups in total. The molecule has 0 aromatic heterocycles. The molecule has 2 heteroatoms. The summed E-state index contributed by atoms with van der Waals surface area (Å²) in [5, 5.41) is 10.8. The first kappa shape index (κ1) is 24.8. The van der Waals surface area contributed by atoms with Crippen LogP contribution in [0.4, 0.5) is 0 Å². The SMILES string of the molecule is CC(C)CCC[C@@H](C)[C@H]1CC[C@@]2(CN)C3=CCC4C(C)(C)[C@@H](O)CC[C@]4(C)C3CC[C@]12C. The van der Waals surface area contributed by atoms with E-state index in [0.29, 0.717) is 22.7 Å². The fraction of sp³-hybridized carbons (Fsp3) is 0.933. The van der Waals surface area contributed by atoms with Gasteiger partial charge in [0.25, 0.3) is 0 Å². The third kappa shape index (κ3) is 3.40. The van der Waals surface area contributed by atoms with E-state index in [2.05, 4.69) is 54.5 Å². The molecule has 8 atom stereocenters. The third-order valence-corrected chi connectivity index (χ3v) is 12.0. The van der Waals surface area contributed by atoms with E-state index in [1.165, 1.54) is 51.4 Å². The van der Waals surface area contributed by atoms with Crippen molar-refractivity contribution < 1.29 is 5.11 Å². The van der Waals surface area contributed by atoms with Crippen molar-refractivity contribution in [3.8, 4) is 0 Å². The second-order valence-corrected chi connectivity index (χ2v) is 14.1. The van der Waals surface area contributed by atoms with Crippen molar-refractivity contribution in [3.05, 3.63) is 11.6 Å². The van der Waals surface area contributed by atoms with E-state index in [4.69, 9.17) is 5.73 Å². The number of aliphatic hydroxyl groups excluding tert-OH is 1. The monoisotopic (exact) mass is 443 g/mol. The minimum atomic E-state index is -0.157. The van der Waals surface area contributed by atoms with Crippen LogP contribution in [0.5, 0.6) is 0 Å². The van der Waals surface area contributed by atoms with Gasteiger partial charge in [0, 0.05) is 12.0 Å². The molecule has 0 saturated heterocycles. The van der Waals surface area contributed by atoms with E-state index in [1.54, 1.807) is 5.57 Å². The van der Waals surface area contributed by atoms with Gasteiger partial charge in [-0.25, -0.2) is 0 Å². The molecule has 0 radical (unpaired) electrons. The van der Waals surface area contributed by atoms with Crippen LogP contribution in [0.15, 0.2) is 11.6 Å². The highest BCUT2D eigenvalue weighted by Crippen LogP contribution is 2.73. The van der Waals surface area contributed by atoms with Crippen molar-refractivity contribution in [1.29, 1.82) is 0 Å². The lowest BCUT2D eigenvalue weighted by molar-refractivity contribution is -0.132. The Bertz CT molecular complexity index is 724. The number of rotatable bonds is 6. The summed E-state index contributed by atoms with van der Waals surface area (Å²) in [6, 6.07) is 0. The maximum atomic E-state index is 10.8. The molecule has 2 nitrogen and oxygen atoms in total. The molecule has 32 heavy (non-hydrogen) atoms. The highest BCUT2D eigenvalue weighted by atomic mass is 16.3. The molecule has 4 aliphatic rings. The Morgan fingerprint density at radius 2 is 1.72 bits per heavy atom. The molecule has 3 fully saturated rings. The second kappa shape index (κ2) is 8.40. The van der Waals surface area contributed by atoms with Crippen molar-refractivity contribution >= 4 is 0 Å². The van der Waals surface area contributed by atoms with Crippen molar-refractivity contribution in [2.75, 3.05) is 6.54 Å². The molecule has 184 valence electrons.